The number of alkyl halides is 3. The maximum Gasteiger partial charge on any atom is 0.452 e. The Morgan fingerprint density at radius 1 is 0.769 bits per heavy atom. The van der Waals surface area contributed by atoms with Crippen molar-refractivity contribution in [1.82, 2.24) is 10.6 Å². The smallest absolute Gasteiger partial charge is 0.344 e. The molecule has 0 saturated heterocycles. The minimum Gasteiger partial charge on any atom is -0.344 e. The Balaban J connectivity index is 1.92. The third kappa shape index (κ3) is 8.68. The van der Waals surface area contributed by atoms with E-state index >= 15 is 0 Å². The van der Waals surface area contributed by atoms with E-state index in [4.69, 9.17) is 11.6 Å². The second-order valence-electron chi connectivity index (χ2n) is 9.64. The first kappa shape index (κ1) is 29.9. The van der Waals surface area contributed by atoms with Crippen molar-refractivity contribution in [3.8, 4) is 0 Å². The van der Waals surface area contributed by atoms with Gasteiger partial charge in [-0.05, 0) is 41.2 Å². The molecule has 2 amide bonds. The summed E-state index contributed by atoms with van der Waals surface area (Å²) >= 11 is 6.19. The Bertz CT molecular complexity index is 1270. The number of amides is 2. The molecule has 0 saturated carbocycles. The van der Waals surface area contributed by atoms with Crippen LogP contribution in [0.5, 0.6) is 0 Å². The van der Waals surface area contributed by atoms with Crippen LogP contribution in [0.1, 0.15) is 36.5 Å². The second-order valence-corrected chi connectivity index (χ2v) is 10.1. The Kier molecular flexibility index (Phi) is 10.3. The monoisotopic (exact) mass is 558 g/mol. The third-order valence-electron chi connectivity index (χ3n) is 6.29. The summed E-state index contributed by atoms with van der Waals surface area (Å²) < 4.78 is 39.7. The van der Waals surface area contributed by atoms with Crippen LogP contribution in [0.2, 0.25) is 5.02 Å². The minimum absolute atomic E-state index is 0.0110. The van der Waals surface area contributed by atoms with E-state index in [1.807, 2.05) is 30.3 Å². The number of hydrogen-bond acceptors (Lipinski definition) is 3. The minimum atomic E-state index is -5.12. The molecule has 0 bridgehead atoms. The van der Waals surface area contributed by atoms with Crippen molar-refractivity contribution in [3.05, 3.63) is 107 Å². The van der Waals surface area contributed by atoms with Gasteiger partial charge in [-0.3, -0.25) is 14.4 Å². The summed E-state index contributed by atoms with van der Waals surface area (Å²) in [5, 5.41) is 5.41. The third-order valence-corrected chi connectivity index (χ3v) is 6.53. The summed E-state index contributed by atoms with van der Waals surface area (Å²) in [4.78, 5) is 39.1. The molecule has 39 heavy (non-hydrogen) atoms. The van der Waals surface area contributed by atoms with E-state index in [-0.39, 0.29) is 6.42 Å². The summed E-state index contributed by atoms with van der Waals surface area (Å²) in [5.74, 6) is -4.99. The van der Waals surface area contributed by atoms with Gasteiger partial charge in [-0.15, -0.1) is 0 Å². The van der Waals surface area contributed by atoms with Gasteiger partial charge in [0.2, 0.25) is 11.8 Å². The van der Waals surface area contributed by atoms with Gasteiger partial charge < -0.3 is 10.6 Å². The van der Waals surface area contributed by atoms with Crippen LogP contribution in [-0.4, -0.2) is 35.9 Å². The van der Waals surface area contributed by atoms with E-state index in [2.05, 4.69) is 10.6 Å². The number of rotatable bonds is 11. The number of Topliss-reactive ketones (excluding diaryl/α,β-unsaturated/α-hetero) is 1. The Morgan fingerprint density at radius 3 is 1.85 bits per heavy atom. The van der Waals surface area contributed by atoms with Gasteiger partial charge in [-0.1, -0.05) is 98.2 Å². The number of halogens is 4. The van der Waals surface area contributed by atoms with Crippen LogP contribution in [-0.2, 0) is 27.2 Å². The van der Waals surface area contributed by atoms with Crippen molar-refractivity contribution >= 4 is 29.2 Å². The van der Waals surface area contributed by atoms with Crippen LogP contribution in [0.25, 0.3) is 0 Å². The average molecular weight is 559 g/mol. The molecule has 0 spiro atoms. The fourth-order valence-corrected chi connectivity index (χ4v) is 4.43. The Labute approximate surface area is 230 Å². The van der Waals surface area contributed by atoms with Crippen molar-refractivity contribution in [3.63, 3.8) is 0 Å². The number of ketones is 1. The molecule has 2 N–H and O–H groups in total. The molecule has 0 aliphatic carbocycles. The topological polar surface area (TPSA) is 75.3 Å². The maximum atomic E-state index is 13.7. The van der Waals surface area contributed by atoms with Gasteiger partial charge in [0, 0.05) is 11.4 Å². The molecule has 0 unspecified atom stereocenters. The number of carbonyl (C=O) groups is 3. The molecule has 0 radical (unpaired) electrons. The second kappa shape index (κ2) is 13.4. The molecule has 3 aromatic rings. The highest BCUT2D eigenvalue weighted by Gasteiger charge is 2.45. The van der Waals surface area contributed by atoms with Crippen molar-refractivity contribution in [2.75, 3.05) is 0 Å². The fourth-order valence-electron chi connectivity index (χ4n) is 4.23. The molecule has 5 nitrogen and oxygen atoms in total. The van der Waals surface area contributed by atoms with Crippen LogP contribution in [0.4, 0.5) is 13.2 Å². The summed E-state index contributed by atoms with van der Waals surface area (Å²) in [6.45, 7) is 2.82. The zero-order valence-electron chi connectivity index (χ0n) is 21.5. The Hall–Kier alpha value is -3.65. The standard InChI is InChI=1S/C30H30ClF3N2O3/c1-19(2)26(27(37)30(32,33)34)36-29(39)25(17-21-12-7-4-8-13-21)35-28(38)24(16-20-10-5-3-6-11-20)22-14-9-15-23(31)18-22/h3-15,18-19,24-26H,16-17H2,1-2H3,(H,35,38)(H,36,39)/t24-,25-,26-/m0/s1. The van der Waals surface area contributed by atoms with Gasteiger partial charge >= 0.3 is 6.18 Å². The lowest BCUT2D eigenvalue weighted by Gasteiger charge is -2.27. The van der Waals surface area contributed by atoms with E-state index in [0.29, 0.717) is 22.6 Å². The van der Waals surface area contributed by atoms with Crippen LogP contribution in [0, 0.1) is 5.92 Å². The van der Waals surface area contributed by atoms with Crippen molar-refractivity contribution < 1.29 is 27.6 Å². The molecule has 0 heterocycles. The lowest BCUT2D eigenvalue weighted by atomic mass is 9.90. The number of carbonyl (C=O) groups excluding carboxylic acids is 3. The van der Waals surface area contributed by atoms with Crippen LogP contribution >= 0.6 is 11.6 Å². The predicted molar refractivity (Wildman–Crippen MR) is 144 cm³/mol. The van der Waals surface area contributed by atoms with E-state index in [1.165, 1.54) is 13.8 Å². The normalized spacial score (nSPS) is 13.8. The van der Waals surface area contributed by atoms with E-state index in [1.54, 1.807) is 54.6 Å². The van der Waals surface area contributed by atoms with Crippen LogP contribution in [0.3, 0.4) is 0 Å². The molecular formula is C30H30ClF3N2O3. The highest BCUT2D eigenvalue weighted by molar-refractivity contribution is 6.30. The van der Waals surface area contributed by atoms with Crippen molar-refractivity contribution in [2.24, 2.45) is 5.92 Å². The highest BCUT2D eigenvalue weighted by Crippen LogP contribution is 2.25. The molecule has 3 atom stereocenters. The van der Waals surface area contributed by atoms with Crippen LogP contribution in [0.15, 0.2) is 84.9 Å². The molecule has 0 aromatic heterocycles. The van der Waals surface area contributed by atoms with Gasteiger partial charge in [0.05, 0.1) is 12.0 Å². The van der Waals surface area contributed by atoms with Crippen molar-refractivity contribution in [1.29, 1.82) is 0 Å². The molecule has 3 rings (SSSR count). The SMILES string of the molecule is CC(C)[C@H](NC(=O)[C@H](Cc1ccccc1)NC(=O)[C@@H](Cc1ccccc1)c1cccc(Cl)c1)C(=O)C(F)(F)F. The quantitative estimate of drug-likeness (QED) is 0.319. The largest absolute Gasteiger partial charge is 0.452 e. The molecule has 0 aliphatic rings. The molecule has 206 valence electrons. The highest BCUT2D eigenvalue weighted by atomic mass is 35.5. The number of nitrogens with one attached hydrogen (secondary N) is 2. The number of benzene rings is 3. The van der Waals surface area contributed by atoms with E-state index in [0.717, 1.165) is 5.56 Å². The molecule has 9 heteroatoms. The summed E-state index contributed by atoms with van der Waals surface area (Å²) in [6, 6.07) is 21.8. The molecule has 0 aliphatic heterocycles. The first-order chi connectivity index (χ1) is 18.5. The van der Waals surface area contributed by atoms with Crippen LogP contribution < -0.4 is 10.6 Å². The zero-order chi connectivity index (χ0) is 28.6. The van der Waals surface area contributed by atoms with Gasteiger partial charge in [-0.25, -0.2) is 0 Å². The van der Waals surface area contributed by atoms with Gasteiger partial charge in [0.15, 0.2) is 0 Å². The zero-order valence-corrected chi connectivity index (χ0v) is 22.3. The first-order valence-electron chi connectivity index (χ1n) is 12.5. The van der Waals surface area contributed by atoms with E-state index < -0.39 is 47.7 Å². The van der Waals surface area contributed by atoms with Crippen molar-refractivity contribution in [2.45, 2.75) is 50.9 Å². The lowest BCUT2D eigenvalue weighted by molar-refractivity contribution is -0.175. The average Bonchev–Trinajstić information content (AvgIpc) is 2.90. The summed E-state index contributed by atoms with van der Waals surface area (Å²) in [7, 11) is 0. The maximum absolute atomic E-state index is 13.7. The van der Waals surface area contributed by atoms with Gasteiger partial charge in [-0.2, -0.15) is 13.2 Å². The predicted octanol–water partition coefficient (Wildman–Crippen LogP) is 5.67. The Morgan fingerprint density at radius 2 is 1.33 bits per heavy atom. The molecule has 0 fully saturated rings. The summed E-state index contributed by atoms with van der Waals surface area (Å²) in [5.41, 5.74) is 2.18. The fraction of sp³-hybridized carbons (Fsp3) is 0.300. The number of hydrogen-bond donors (Lipinski definition) is 2. The van der Waals surface area contributed by atoms with E-state index in [9.17, 15) is 27.6 Å². The molecular weight excluding hydrogens is 529 g/mol. The summed E-state index contributed by atoms with van der Waals surface area (Å²) in [6.07, 6.45) is -4.81. The first-order valence-corrected chi connectivity index (χ1v) is 12.9. The lowest BCUT2D eigenvalue weighted by Crippen LogP contribution is -2.56. The van der Waals surface area contributed by atoms with Gasteiger partial charge in [0.25, 0.3) is 5.78 Å². The van der Waals surface area contributed by atoms with Gasteiger partial charge in [0.1, 0.15) is 6.04 Å². The molecule has 3 aromatic carbocycles.